The summed E-state index contributed by atoms with van der Waals surface area (Å²) < 4.78 is 5.49. The van der Waals surface area contributed by atoms with Crippen LogP contribution < -0.4 is 4.74 Å². The molecule has 0 heterocycles. The third-order valence-electron chi connectivity index (χ3n) is 3.13. The zero-order valence-corrected chi connectivity index (χ0v) is 11.6. The smallest absolute Gasteiger partial charge is 0.119 e. The molecule has 2 aromatic carbocycles. The van der Waals surface area contributed by atoms with Crippen molar-refractivity contribution in [2.24, 2.45) is 0 Å². The molecule has 2 aromatic rings. The molecule has 0 aliphatic heterocycles. The largest absolute Gasteiger partial charge is 0.494 e. The van der Waals surface area contributed by atoms with Crippen LogP contribution in [0.5, 0.6) is 5.75 Å². The summed E-state index contributed by atoms with van der Waals surface area (Å²) in [4.78, 5) is 0. The topological polar surface area (TPSA) is 49.7 Å². The van der Waals surface area contributed by atoms with Gasteiger partial charge in [-0.2, -0.15) is 0 Å². The second-order valence-electron chi connectivity index (χ2n) is 4.72. The fraction of sp³-hybridized carbons (Fsp3) is 0.294. The van der Waals surface area contributed by atoms with E-state index in [0.29, 0.717) is 17.7 Å². The molecule has 0 fully saturated rings. The summed E-state index contributed by atoms with van der Waals surface area (Å²) in [7, 11) is 0. The van der Waals surface area contributed by atoms with Gasteiger partial charge < -0.3 is 14.9 Å². The maximum absolute atomic E-state index is 10.2. The lowest BCUT2D eigenvalue weighted by Gasteiger charge is -2.18. The number of hydrogen-bond donors (Lipinski definition) is 2. The van der Waals surface area contributed by atoms with Crippen molar-refractivity contribution in [2.75, 3.05) is 6.61 Å². The van der Waals surface area contributed by atoms with E-state index in [4.69, 9.17) is 4.74 Å². The van der Waals surface area contributed by atoms with Gasteiger partial charge in [-0.3, -0.25) is 0 Å². The van der Waals surface area contributed by atoms with Crippen molar-refractivity contribution >= 4 is 0 Å². The molecule has 2 unspecified atom stereocenters. The van der Waals surface area contributed by atoms with Crippen molar-refractivity contribution in [1.29, 1.82) is 0 Å². The lowest BCUT2D eigenvalue weighted by Crippen LogP contribution is -2.10. The number of ether oxygens (including phenoxy) is 1. The average molecular weight is 272 g/mol. The third kappa shape index (κ3) is 3.59. The number of hydrogen-bond acceptors (Lipinski definition) is 3. The van der Waals surface area contributed by atoms with Gasteiger partial charge in [0.15, 0.2) is 0 Å². The van der Waals surface area contributed by atoms with Crippen LogP contribution in [-0.2, 0) is 0 Å². The highest BCUT2D eigenvalue weighted by Crippen LogP contribution is 2.29. The summed E-state index contributed by atoms with van der Waals surface area (Å²) in [5, 5.41) is 20.4. The molecule has 0 spiro atoms. The van der Waals surface area contributed by atoms with E-state index < -0.39 is 12.2 Å². The zero-order chi connectivity index (χ0) is 14.4. The van der Waals surface area contributed by atoms with Gasteiger partial charge in [-0.15, -0.1) is 0 Å². The fourth-order valence-corrected chi connectivity index (χ4v) is 2.00. The van der Waals surface area contributed by atoms with Crippen molar-refractivity contribution in [2.45, 2.75) is 25.6 Å². The van der Waals surface area contributed by atoms with Crippen molar-refractivity contribution in [3.8, 4) is 5.75 Å². The van der Waals surface area contributed by atoms with Crippen LogP contribution in [0.3, 0.4) is 0 Å². The Bertz CT molecular complexity index is 508. The van der Waals surface area contributed by atoms with Gasteiger partial charge in [-0.25, -0.2) is 0 Å². The summed E-state index contributed by atoms with van der Waals surface area (Å²) in [6.07, 6.45) is -0.923. The standard InChI is InChI=1S/C17H20O3/c1-2-12-20-15-10-8-14(9-11-15)17(19)16(18)13-6-4-3-5-7-13/h3-11,16-19H,2,12H2,1H3. The second-order valence-corrected chi connectivity index (χ2v) is 4.72. The van der Waals surface area contributed by atoms with Crippen molar-refractivity contribution in [1.82, 2.24) is 0 Å². The second kappa shape index (κ2) is 7.08. The van der Waals surface area contributed by atoms with Crippen LogP contribution in [0.4, 0.5) is 0 Å². The summed E-state index contributed by atoms with van der Waals surface area (Å²) in [6.45, 7) is 2.73. The number of rotatable bonds is 6. The Morgan fingerprint density at radius 1 is 0.850 bits per heavy atom. The molecule has 0 aliphatic carbocycles. The Hall–Kier alpha value is -1.84. The molecule has 2 atom stereocenters. The first kappa shape index (κ1) is 14.6. The van der Waals surface area contributed by atoms with Gasteiger partial charge in [-0.05, 0) is 29.7 Å². The molecule has 0 aliphatic rings. The highest BCUT2D eigenvalue weighted by atomic mass is 16.5. The molecule has 0 aromatic heterocycles. The minimum atomic E-state index is -0.947. The van der Waals surface area contributed by atoms with Gasteiger partial charge in [0, 0.05) is 0 Å². The summed E-state index contributed by atoms with van der Waals surface area (Å²) in [5.41, 5.74) is 1.37. The molecule has 2 rings (SSSR count). The molecule has 0 bridgehead atoms. The first-order valence-corrected chi connectivity index (χ1v) is 6.86. The highest BCUT2D eigenvalue weighted by Gasteiger charge is 2.19. The average Bonchev–Trinajstić information content (AvgIpc) is 2.53. The Kier molecular flexibility index (Phi) is 5.16. The maximum Gasteiger partial charge on any atom is 0.119 e. The lowest BCUT2D eigenvalue weighted by atomic mass is 9.98. The van der Waals surface area contributed by atoms with Gasteiger partial charge in [0.2, 0.25) is 0 Å². The third-order valence-corrected chi connectivity index (χ3v) is 3.13. The molecule has 0 saturated heterocycles. The molecule has 0 amide bonds. The number of aliphatic hydroxyl groups excluding tert-OH is 2. The maximum atomic E-state index is 10.2. The van der Waals surface area contributed by atoms with Crippen molar-refractivity contribution in [3.05, 3.63) is 65.7 Å². The zero-order valence-electron chi connectivity index (χ0n) is 11.6. The molecule has 20 heavy (non-hydrogen) atoms. The van der Waals surface area contributed by atoms with Gasteiger partial charge >= 0.3 is 0 Å². The Morgan fingerprint density at radius 2 is 1.40 bits per heavy atom. The number of aliphatic hydroxyl groups is 2. The van der Waals surface area contributed by atoms with E-state index in [2.05, 4.69) is 0 Å². The molecule has 2 N–H and O–H groups in total. The van der Waals surface area contributed by atoms with E-state index in [1.807, 2.05) is 37.3 Å². The minimum absolute atomic E-state index is 0.671. The Labute approximate surface area is 119 Å². The lowest BCUT2D eigenvalue weighted by molar-refractivity contribution is 0.0172. The molecule has 3 heteroatoms. The van der Waals surface area contributed by atoms with Crippen LogP contribution in [0.25, 0.3) is 0 Å². The molecule has 3 nitrogen and oxygen atoms in total. The minimum Gasteiger partial charge on any atom is -0.494 e. The van der Waals surface area contributed by atoms with Crippen LogP contribution in [-0.4, -0.2) is 16.8 Å². The van der Waals surface area contributed by atoms with Crippen molar-refractivity contribution < 1.29 is 14.9 Å². The predicted octanol–water partition coefficient (Wildman–Crippen LogP) is 3.24. The van der Waals surface area contributed by atoms with Crippen molar-refractivity contribution in [3.63, 3.8) is 0 Å². The van der Waals surface area contributed by atoms with Gasteiger partial charge in [0.25, 0.3) is 0 Å². The van der Waals surface area contributed by atoms with E-state index in [0.717, 1.165) is 12.2 Å². The monoisotopic (exact) mass is 272 g/mol. The first-order chi connectivity index (χ1) is 9.72. The van der Waals surface area contributed by atoms with Crippen LogP contribution in [0.2, 0.25) is 0 Å². The van der Waals surface area contributed by atoms with E-state index in [1.54, 1.807) is 24.3 Å². The normalized spacial score (nSPS) is 13.8. The van der Waals surface area contributed by atoms with Gasteiger partial charge in [0.1, 0.15) is 18.0 Å². The van der Waals surface area contributed by atoms with Crippen LogP contribution in [0.15, 0.2) is 54.6 Å². The Balaban J connectivity index is 2.07. The molecule has 106 valence electrons. The quantitative estimate of drug-likeness (QED) is 0.848. The van der Waals surface area contributed by atoms with E-state index in [1.165, 1.54) is 0 Å². The summed E-state index contributed by atoms with van der Waals surface area (Å²) >= 11 is 0. The van der Waals surface area contributed by atoms with Gasteiger partial charge in [0.05, 0.1) is 6.61 Å². The molecule has 0 saturated carbocycles. The number of benzene rings is 2. The fourth-order valence-electron chi connectivity index (χ4n) is 2.00. The predicted molar refractivity (Wildman–Crippen MR) is 78.6 cm³/mol. The van der Waals surface area contributed by atoms with E-state index in [-0.39, 0.29) is 0 Å². The molecular weight excluding hydrogens is 252 g/mol. The summed E-state index contributed by atoms with van der Waals surface area (Å²) in [6, 6.07) is 16.3. The molecule has 0 radical (unpaired) electrons. The highest BCUT2D eigenvalue weighted by molar-refractivity contribution is 5.30. The Morgan fingerprint density at radius 3 is 1.95 bits per heavy atom. The SMILES string of the molecule is CCCOc1ccc(C(O)C(O)c2ccccc2)cc1. The molecular formula is C17H20O3. The van der Waals surface area contributed by atoms with Gasteiger partial charge in [-0.1, -0.05) is 49.4 Å². The van der Waals surface area contributed by atoms with Crippen LogP contribution >= 0.6 is 0 Å². The van der Waals surface area contributed by atoms with E-state index >= 15 is 0 Å². The van der Waals surface area contributed by atoms with E-state index in [9.17, 15) is 10.2 Å². The first-order valence-electron chi connectivity index (χ1n) is 6.86. The van der Waals surface area contributed by atoms with Crippen LogP contribution in [0.1, 0.15) is 36.7 Å². The summed E-state index contributed by atoms with van der Waals surface area (Å²) in [5.74, 6) is 0.775. The van der Waals surface area contributed by atoms with Crippen LogP contribution in [0, 0.1) is 0 Å².